The van der Waals surface area contributed by atoms with Crippen LogP contribution in [0.3, 0.4) is 0 Å². The molecular weight excluding hydrogens is 242 g/mol. The van der Waals surface area contributed by atoms with E-state index in [9.17, 15) is 9.59 Å². The molecule has 0 aliphatic heterocycles. The van der Waals surface area contributed by atoms with Crippen LogP contribution in [0.2, 0.25) is 0 Å². The van der Waals surface area contributed by atoms with E-state index in [2.05, 4.69) is 19.2 Å². The number of rotatable bonds is 6. The van der Waals surface area contributed by atoms with E-state index in [0.717, 1.165) is 0 Å². The van der Waals surface area contributed by atoms with Gasteiger partial charge in [0, 0.05) is 18.9 Å². The first-order chi connectivity index (χ1) is 8.81. The Balaban J connectivity index is 2.51. The van der Waals surface area contributed by atoms with Gasteiger partial charge >= 0.3 is 0 Å². The third-order valence-corrected chi connectivity index (χ3v) is 3.34. The van der Waals surface area contributed by atoms with Crippen molar-refractivity contribution in [1.29, 1.82) is 0 Å². The lowest BCUT2D eigenvalue weighted by Gasteiger charge is -2.17. The van der Waals surface area contributed by atoms with Crippen LogP contribution in [-0.4, -0.2) is 17.7 Å². The molecule has 0 spiro atoms. The van der Waals surface area contributed by atoms with E-state index >= 15 is 0 Å². The van der Waals surface area contributed by atoms with Gasteiger partial charge in [0.15, 0.2) is 5.78 Å². The number of aryl methyl sites for hydroxylation is 2. The molecule has 0 radical (unpaired) electrons. The highest BCUT2D eigenvalue weighted by molar-refractivity contribution is 5.95. The Bertz CT molecular complexity index is 460. The first-order valence-electron chi connectivity index (χ1n) is 6.71. The van der Waals surface area contributed by atoms with Crippen LogP contribution >= 0.6 is 0 Å². The molecule has 1 heterocycles. The summed E-state index contributed by atoms with van der Waals surface area (Å²) in [5, 5.41) is 2.95. The molecule has 0 aliphatic carbocycles. The highest BCUT2D eigenvalue weighted by Crippen LogP contribution is 2.16. The molecule has 0 saturated heterocycles. The summed E-state index contributed by atoms with van der Waals surface area (Å²) < 4.78 is 5.48. The fourth-order valence-electron chi connectivity index (χ4n) is 1.75. The maximum absolute atomic E-state index is 11.7. The summed E-state index contributed by atoms with van der Waals surface area (Å²) in [4.78, 5) is 23.0. The largest absolute Gasteiger partial charge is 0.466 e. The van der Waals surface area contributed by atoms with Gasteiger partial charge in [-0.2, -0.15) is 0 Å². The zero-order valence-corrected chi connectivity index (χ0v) is 12.4. The standard InChI is InChI=1S/C15H23NO3/c1-9(2)10(3)16-15(18)7-6-13-8-14(11(4)17)12(5)19-13/h8-10H,6-7H2,1-5H3,(H,16,18)/t10-/m0/s1. The lowest BCUT2D eigenvalue weighted by Crippen LogP contribution is -2.36. The van der Waals surface area contributed by atoms with E-state index in [1.807, 2.05) is 6.92 Å². The van der Waals surface area contributed by atoms with Crippen LogP contribution in [0.1, 0.15) is 56.0 Å². The molecule has 4 heteroatoms. The summed E-state index contributed by atoms with van der Waals surface area (Å²) in [5.41, 5.74) is 0.603. The maximum Gasteiger partial charge on any atom is 0.220 e. The van der Waals surface area contributed by atoms with Crippen molar-refractivity contribution in [1.82, 2.24) is 5.32 Å². The number of hydrogen-bond acceptors (Lipinski definition) is 3. The summed E-state index contributed by atoms with van der Waals surface area (Å²) >= 11 is 0. The average molecular weight is 265 g/mol. The van der Waals surface area contributed by atoms with Gasteiger partial charge in [0.25, 0.3) is 0 Å². The summed E-state index contributed by atoms with van der Waals surface area (Å²) in [6.07, 6.45) is 0.895. The number of nitrogens with one attached hydrogen (secondary N) is 1. The molecule has 0 aromatic carbocycles. The smallest absolute Gasteiger partial charge is 0.220 e. The van der Waals surface area contributed by atoms with Gasteiger partial charge in [0.1, 0.15) is 11.5 Å². The van der Waals surface area contributed by atoms with Gasteiger partial charge in [-0.25, -0.2) is 0 Å². The Hall–Kier alpha value is -1.58. The lowest BCUT2D eigenvalue weighted by molar-refractivity contribution is -0.122. The van der Waals surface area contributed by atoms with Crippen molar-refractivity contribution in [2.75, 3.05) is 0 Å². The minimum Gasteiger partial charge on any atom is -0.466 e. The first kappa shape index (κ1) is 15.5. The van der Waals surface area contributed by atoms with Gasteiger partial charge in [0.2, 0.25) is 5.91 Å². The number of Topliss-reactive ketones (excluding diaryl/α,β-unsaturated/α-hetero) is 1. The number of furan rings is 1. The van der Waals surface area contributed by atoms with Crippen molar-refractivity contribution in [2.45, 2.75) is 53.5 Å². The Labute approximate surface area is 114 Å². The summed E-state index contributed by atoms with van der Waals surface area (Å²) in [5.74, 6) is 1.73. The molecule has 0 saturated carbocycles. The molecule has 4 nitrogen and oxygen atoms in total. The molecule has 1 aromatic rings. The lowest BCUT2D eigenvalue weighted by atomic mass is 10.1. The Kier molecular flexibility index (Phi) is 5.33. The fourth-order valence-corrected chi connectivity index (χ4v) is 1.75. The maximum atomic E-state index is 11.7. The Morgan fingerprint density at radius 3 is 2.42 bits per heavy atom. The van der Waals surface area contributed by atoms with Crippen LogP contribution in [0.25, 0.3) is 0 Å². The molecule has 0 unspecified atom stereocenters. The van der Waals surface area contributed by atoms with Crippen molar-refractivity contribution in [3.05, 3.63) is 23.2 Å². The second kappa shape index (κ2) is 6.55. The van der Waals surface area contributed by atoms with Crippen LogP contribution in [0.15, 0.2) is 10.5 Å². The summed E-state index contributed by atoms with van der Waals surface area (Å²) in [6.45, 7) is 9.41. The van der Waals surface area contributed by atoms with Crippen LogP contribution < -0.4 is 5.32 Å². The van der Waals surface area contributed by atoms with Crippen LogP contribution in [-0.2, 0) is 11.2 Å². The third-order valence-electron chi connectivity index (χ3n) is 3.34. The highest BCUT2D eigenvalue weighted by atomic mass is 16.3. The van der Waals surface area contributed by atoms with Gasteiger partial charge in [-0.3, -0.25) is 9.59 Å². The van der Waals surface area contributed by atoms with E-state index in [-0.39, 0.29) is 17.7 Å². The molecule has 1 rings (SSSR count). The van der Waals surface area contributed by atoms with E-state index in [4.69, 9.17) is 4.42 Å². The molecule has 106 valence electrons. The third kappa shape index (κ3) is 4.54. The van der Waals surface area contributed by atoms with Gasteiger partial charge in [0.05, 0.1) is 5.56 Å². The van der Waals surface area contributed by atoms with Crippen molar-refractivity contribution >= 4 is 11.7 Å². The van der Waals surface area contributed by atoms with E-state index < -0.39 is 0 Å². The predicted octanol–water partition coefficient (Wildman–Crippen LogP) is 2.88. The number of amides is 1. The van der Waals surface area contributed by atoms with Crippen LogP contribution in [0.4, 0.5) is 0 Å². The molecular formula is C15H23NO3. The number of carbonyl (C=O) groups excluding carboxylic acids is 2. The highest BCUT2D eigenvalue weighted by Gasteiger charge is 2.14. The van der Waals surface area contributed by atoms with Crippen LogP contribution in [0, 0.1) is 12.8 Å². The first-order valence-corrected chi connectivity index (χ1v) is 6.71. The van der Waals surface area contributed by atoms with Gasteiger partial charge in [-0.15, -0.1) is 0 Å². The summed E-state index contributed by atoms with van der Waals surface area (Å²) in [6, 6.07) is 1.90. The topological polar surface area (TPSA) is 59.3 Å². The number of carbonyl (C=O) groups is 2. The molecule has 1 N–H and O–H groups in total. The second-order valence-corrected chi connectivity index (χ2v) is 5.34. The van der Waals surface area contributed by atoms with E-state index in [1.165, 1.54) is 6.92 Å². The minimum atomic E-state index is -0.00891. The van der Waals surface area contributed by atoms with Gasteiger partial charge < -0.3 is 9.73 Å². The monoisotopic (exact) mass is 265 g/mol. The number of ketones is 1. The van der Waals surface area contributed by atoms with E-state index in [1.54, 1.807) is 13.0 Å². The quantitative estimate of drug-likeness (QED) is 0.804. The minimum absolute atomic E-state index is 0.00891. The second-order valence-electron chi connectivity index (χ2n) is 5.34. The van der Waals surface area contributed by atoms with E-state index in [0.29, 0.717) is 35.8 Å². The van der Waals surface area contributed by atoms with Crippen LogP contribution in [0.5, 0.6) is 0 Å². The zero-order valence-electron chi connectivity index (χ0n) is 12.4. The molecule has 1 atom stereocenters. The van der Waals surface area contributed by atoms with Gasteiger partial charge in [-0.1, -0.05) is 13.8 Å². The normalized spacial score (nSPS) is 12.5. The average Bonchev–Trinajstić information content (AvgIpc) is 2.68. The van der Waals surface area contributed by atoms with Crippen molar-refractivity contribution in [3.8, 4) is 0 Å². The Morgan fingerprint density at radius 2 is 1.95 bits per heavy atom. The van der Waals surface area contributed by atoms with Crippen molar-refractivity contribution < 1.29 is 14.0 Å². The predicted molar refractivity (Wildman–Crippen MR) is 74.2 cm³/mol. The molecule has 19 heavy (non-hydrogen) atoms. The molecule has 0 aliphatic rings. The molecule has 1 amide bonds. The SMILES string of the molecule is CC(=O)c1cc(CCC(=O)N[C@@H](C)C(C)C)oc1C. The van der Waals surface area contributed by atoms with Gasteiger partial charge in [-0.05, 0) is 32.8 Å². The molecule has 0 fully saturated rings. The van der Waals surface area contributed by atoms with Crippen molar-refractivity contribution in [2.24, 2.45) is 5.92 Å². The number of hydrogen-bond donors (Lipinski definition) is 1. The molecule has 1 aromatic heterocycles. The fraction of sp³-hybridized carbons (Fsp3) is 0.600. The Morgan fingerprint density at radius 1 is 1.32 bits per heavy atom. The van der Waals surface area contributed by atoms with Crippen molar-refractivity contribution in [3.63, 3.8) is 0 Å². The molecule has 0 bridgehead atoms. The zero-order chi connectivity index (χ0) is 14.6. The summed E-state index contributed by atoms with van der Waals surface area (Å²) in [7, 11) is 0.